The van der Waals surface area contributed by atoms with Crippen molar-refractivity contribution in [2.24, 2.45) is 11.1 Å². The molecule has 9 heteroatoms. The summed E-state index contributed by atoms with van der Waals surface area (Å²) in [6.45, 7) is 6.37. The molecule has 0 radical (unpaired) electrons. The van der Waals surface area contributed by atoms with Crippen molar-refractivity contribution in [1.82, 2.24) is 9.62 Å². The van der Waals surface area contributed by atoms with Gasteiger partial charge in [0.15, 0.2) is 0 Å². The van der Waals surface area contributed by atoms with Crippen LogP contribution in [0.4, 0.5) is 0 Å². The Hall–Kier alpha value is -1.09. The standard InChI is InChI=1S/C13H23N3O4S.ClH/c1-9-10(6-11(20-9)21(18,19)15-4)12(17)16(5)8-13(2,3)7-14;/h6,15H,7-8,14H2,1-5H3;1H. The van der Waals surface area contributed by atoms with E-state index in [4.69, 9.17) is 10.2 Å². The molecule has 0 aliphatic heterocycles. The van der Waals surface area contributed by atoms with E-state index < -0.39 is 10.0 Å². The number of furan rings is 1. The van der Waals surface area contributed by atoms with Gasteiger partial charge in [-0.25, -0.2) is 13.1 Å². The van der Waals surface area contributed by atoms with Crippen LogP contribution in [0.1, 0.15) is 30.0 Å². The molecule has 1 heterocycles. The first-order valence-corrected chi connectivity index (χ1v) is 8.02. The number of nitrogens with two attached hydrogens (primary N) is 1. The Bertz CT molecular complexity index is 625. The molecule has 0 unspecified atom stereocenters. The summed E-state index contributed by atoms with van der Waals surface area (Å²) in [5, 5.41) is -0.266. The second kappa shape index (κ2) is 7.45. The molecule has 1 aromatic rings. The first-order chi connectivity index (χ1) is 9.54. The molecule has 3 N–H and O–H groups in total. The van der Waals surface area contributed by atoms with E-state index in [0.29, 0.717) is 13.1 Å². The monoisotopic (exact) mass is 353 g/mol. The molecular weight excluding hydrogens is 330 g/mol. The third-order valence-corrected chi connectivity index (χ3v) is 4.49. The molecule has 0 saturated heterocycles. The Morgan fingerprint density at radius 3 is 2.45 bits per heavy atom. The van der Waals surface area contributed by atoms with Crippen molar-refractivity contribution in [3.05, 3.63) is 17.4 Å². The van der Waals surface area contributed by atoms with Crippen LogP contribution in [0.2, 0.25) is 0 Å². The number of nitrogens with zero attached hydrogens (tertiary/aromatic N) is 1. The van der Waals surface area contributed by atoms with Gasteiger partial charge < -0.3 is 15.1 Å². The Morgan fingerprint density at radius 2 is 2.00 bits per heavy atom. The molecular formula is C13H24ClN3O4S. The molecule has 0 atom stereocenters. The predicted molar refractivity (Wildman–Crippen MR) is 86.7 cm³/mol. The highest BCUT2D eigenvalue weighted by Crippen LogP contribution is 2.22. The van der Waals surface area contributed by atoms with Crippen molar-refractivity contribution in [3.8, 4) is 0 Å². The van der Waals surface area contributed by atoms with E-state index in [2.05, 4.69) is 4.72 Å². The van der Waals surface area contributed by atoms with Gasteiger partial charge >= 0.3 is 0 Å². The van der Waals surface area contributed by atoms with Crippen LogP contribution in [0.3, 0.4) is 0 Å². The zero-order valence-corrected chi connectivity index (χ0v) is 15.1. The Kier molecular flexibility index (Phi) is 7.08. The quantitative estimate of drug-likeness (QED) is 0.792. The van der Waals surface area contributed by atoms with Gasteiger partial charge in [0.2, 0.25) is 5.09 Å². The normalized spacial score (nSPS) is 11.9. The summed E-state index contributed by atoms with van der Waals surface area (Å²) in [6.07, 6.45) is 0. The number of nitrogens with one attached hydrogen (secondary N) is 1. The van der Waals surface area contributed by atoms with Crippen LogP contribution in [0, 0.1) is 12.3 Å². The van der Waals surface area contributed by atoms with Gasteiger partial charge in [-0.15, -0.1) is 12.4 Å². The second-order valence-corrected chi connectivity index (χ2v) is 7.59. The summed E-state index contributed by atoms with van der Waals surface area (Å²) in [5.74, 6) is -0.0263. The van der Waals surface area contributed by atoms with E-state index in [1.165, 1.54) is 18.0 Å². The minimum atomic E-state index is -3.71. The van der Waals surface area contributed by atoms with Gasteiger partial charge in [-0.05, 0) is 25.9 Å². The van der Waals surface area contributed by atoms with Gasteiger partial charge in [0.05, 0.1) is 5.56 Å². The molecule has 0 aromatic carbocycles. The number of hydrogen-bond donors (Lipinski definition) is 2. The third kappa shape index (κ3) is 4.70. The zero-order chi connectivity index (χ0) is 16.4. The third-order valence-electron chi connectivity index (χ3n) is 3.22. The SMILES string of the molecule is CNS(=O)(=O)c1cc(C(=O)N(C)CC(C)(C)CN)c(C)o1.Cl. The molecule has 1 amide bonds. The lowest BCUT2D eigenvalue weighted by Gasteiger charge is -2.28. The molecule has 7 nitrogen and oxygen atoms in total. The summed E-state index contributed by atoms with van der Waals surface area (Å²) in [6, 6.07) is 1.25. The second-order valence-electron chi connectivity index (χ2n) is 5.77. The van der Waals surface area contributed by atoms with Crippen molar-refractivity contribution in [2.75, 3.05) is 27.2 Å². The fraction of sp³-hybridized carbons (Fsp3) is 0.615. The largest absolute Gasteiger partial charge is 0.448 e. The van der Waals surface area contributed by atoms with Crippen LogP contribution >= 0.6 is 12.4 Å². The smallest absolute Gasteiger partial charge is 0.273 e. The van der Waals surface area contributed by atoms with E-state index in [9.17, 15) is 13.2 Å². The molecule has 0 bridgehead atoms. The Balaban J connectivity index is 0.00000441. The molecule has 0 saturated carbocycles. The number of sulfonamides is 1. The van der Waals surface area contributed by atoms with Crippen LogP contribution in [-0.2, 0) is 10.0 Å². The van der Waals surface area contributed by atoms with Gasteiger partial charge in [-0.3, -0.25) is 4.79 Å². The number of amides is 1. The van der Waals surface area contributed by atoms with E-state index >= 15 is 0 Å². The highest BCUT2D eigenvalue weighted by atomic mass is 35.5. The van der Waals surface area contributed by atoms with E-state index in [-0.39, 0.29) is 40.1 Å². The summed E-state index contributed by atoms with van der Waals surface area (Å²) in [5.41, 5.74) is 5.67. The lowest BCUT2D eigenvalue weighted by Crippen LogP contribution is -2.39. The number of carbonyl (C=O) groups is 1. The van der Waals surface area contributed by atoms with E-state index in [1.54, 1.807) is 14.0 Å². The van der Waals surface area contributed by atoms with Crippen molar-refractivity contribution in [1.29, 1.82) is 0 Å². The Morgan fingerprint density at radius 1 is 1.45 bits per heavy atom. The van der Waals surface area contributed by atoms with Crippen LogP contribution < -0.4 is 10.5 Å². The van der Waals surface area contributed by atoms with Crippen LogP contribution in [-0.4, -0.2) is 46.4 Å². The molecule has 22 heavy (non-hydrogen) atoms. The fourth-order valence-corrected chi connectivity index (χ4v) is 2.59. The van der Waals surface area contributed by atoms with Crippen LogP contribution in [0.25, 0.3) is 0 Å². The molecule has 0 aliphatic rings. The van der Waals surface area contributed by atoms with Crippen molar-refractivity contribution >= 4 is 28.3 Å². The molecule has 128 valence electrons. The number of halogens is 1. The van der Waals surface area contributed by atoms with Crippen LogP contribution in [0.15, 0.2) is 15.6 Å². The maximum absolute atomic E-state index is 12.4. The average molecular weight is 354 g/mol. The zero-order valence-electron chi connectivity index (χ0n) is 13.5. The maximum atomic E-state index is 12.4. The first-order valence-electron chi connectivity index (χ1n) is 6.53. The molecule has 0 aliphatic carbocycles. The highest BCUT2D eigenvalue weighted by molar-refractivity contribution is 7.89. The van der Waals surface area contributed by atoms with Gasteiger partial charge in [-0.1, -0.05) is 13.8 Å². The topological polar surface area (TPSA) is 106 Å². The van der Waals surface area contributed by atoms with E-state index in [1.807, 2.05) is 13.8 Å². The minimum absolute atomic E-state index is 0. The van der Waals surface area contributed by atoms with Gasteiger partial charge in [0.1, 0.15) is 5.76 Å². The van der Waals surface area contributed by atoms with Crippen molar-refractivity contribution in [3.63, 3.8) is 0 Å². The average Bonchev–Trinajstić information content (AvgIpc) is 2.80. The predicted octanol–water partition coefficient (Wildman–Crippen LogP) is 0.975. The maximum Gasteiger partial charge on any atom is 0.273 e. The number of hydrogen-bond acceptors (Lipinski definition) is 5. The molecule has 0 spiro atoms. The van der Waals surface area contributed by atoms with Gasteiger partial charge in [0, 0.05) is 19.7 Å². The Labute approximate surface area is 137 Å². The molecule has 1 rings (SSSR count). The highest BCUT2D eigenvalue weighted by Gasteiger charge is 2.27. The van der Waals surface area contributed by atoms with Crippen molar-refractivity contribution < 1.29 is 17.6 Å². The fourth-order valence-electron chi connectivity index (χ4n) is 1.88. The first kappa shape index (κ1) is 20.9. The lowest BCUT2D eigenvalue weighted by atomic mass is 9.93. The summed E-state index contributed by atoms with van der Waals surface area (Å²) in [4.78, 5) is 13.9. The lowest BCUT2D eigenvalue weighted by molar-refractivity contribution is 0.0739. The van der Waals surface area contributed by atoms with Crippen molar-refractivity contribution in [2.45, 2.75) is 25.9 Å². The molecule has 0 fully saturated rings. The summed E-state index contributed by atoms with van der Waals surface area (Å²) in [7, 11) is -0.773. The summed E-state index contributed by atoms with van der Waals surface area (Å²) >= 11 is 0. The number of aryl methyl sites for hydroxylation is 1. The number of carbonyl (C=O) groups excluding carboxylic acids is 1. The van der Waals surface area contributed by atoms with Gasteiger partial charge in [-0.2, -0.15) is 0 Å². The summed E-state index contributed by atoms with van der Waals surface area (Å²) < 4.78 is 30.7. The van der Waals surface area contributed by atoms with E-state index in [0.717, 1.165) is 0 Å². The van der Waals surface area contributed by atoms with Crippen LogP contribution in [0.5, 0.6) is 0 Å². The molecule has 1 aromatic heterocycles. The van der Waals surface area contributed by atoms with Gasteiger partial charge in [0.25, 0.3) is 15.9 Å². The minimum Gasteiger partial charge on any atom is -0.448 e. The number of rotatable bonds is 6.